The number of rotatable bonds is 17. The fraction of sp³-hybridized carbons (Fsp3) is 0.800. The van der Waals surface area contributed by atoms with Gasteiger partial charge in [0.2, 0.25) is 0 Å². The SMILES string of the molecule is CCCCCCCCCC(C)=COC(C)C(=O)OCCC(C)CCC=C(C)C. The fourth-order valence-electron chi connectivity index (χ4n) is 2.97. The smallest absolute Gasteiger partial charge is 0.346 e. The van der Waals surface area contributed by atoms with Crippen LogP contribution in [-0.4, -0.2) is 18.7 Å². The first-order valence-corrected chi connectivity index (χ1v) is 11.5. The molecule has 0 aromatic carbocycles. The second kappa shape index (κ2) is 17.8. The summed E-state index contributed by atoms with van der Waals surface area (Å²) in [7, 11) is 0. The second-order valence-corrected chi connectivity index (χ2v) is 8.53. The predicted molar refractivity (Wildman–Crippen MR) is 120 cm³/mol. The van der Waals surface area contributed by atoms with Crippen LogP contribution in [0, 0.1) is 5.92 Å². The lowest BCUT2D eigenvalue weighted by Gasteiger charge is -2.14. The molecule has 164 valence electrons. The Morgan fingerprint density at radius 2 is 1.57 bits per heavy atom. The van der Waals surface area contributed by atoms with Gasteiger partial charge in [-0.1, -0.05) is 64.0 Å². The minimum atomic E-state index is -0.537. The Labute approximate surface area is 175 Å². The van der Waals surface area contributed by atoms with Gasteiger partial charge in [0, 0.05) is 0 Å². The highest BCUT2D eigenvalue weighted by atomic mass is 16.6. The number of carbonyl (C=O) groups is 1. The third-order valence-corrected chi connectivity index (χ3v) is 5.05. The molecule has 0 aliphatic rings. The van der Waals surface area contributed by atoms with Crippen molar-refractivity contribution in [2.45, 2.75) is 118 Å². The summed E-state index contributed by atoms with van der Waals surface area (Å²) in [6.07, 6.45) is 16.8. The molecule has 2 atom stereocenters. The summed E-state index contributed by atoms with van der Waals surface area (Å²) < 4.78 is 11.0. The molecule has 28 heavy (non-hydrogen) atoms. The van der Waals surface area contributed by atoms with Gasteiger partial charge in [-0.15, -0.1) is 0 Å². The first kappa shape index (κ1) is 26.8. The lowest BCUT2D eigenvalue weighted by molar-refractivity contribution is -0.153. The van der Waals surface area contributed by atoms with Crippen LogP contribution in [0.4, 0.5) is 0 Å². The van der Waals surface area contributed by atoms with Crippen LogP contribution in [0.1, 0.15) is 112 Å². The predicted octanol–water partition coefficient (Wildman–Crippen LogP) is 7.75. The van der Waals surface area contributed by atoms with E-state index in [1.54, 1.807) is 13.2 Å². The fourth-order valence-corrected chi connectivity index (χ4v) is 2.97. The van der Waals surface area contributed by atoms with E-state index < -0.39 is 6.10 Å². The third kappa shape index (κ3) is 16.9. The molecular weight excluding hydrogens is 348 g/mol. The molecule has 2 unspecified atom stereocenters. The van der Waals surface area contributed by atoms with Crippen molar-refractivity contribution in [2.75, 3.05) is 6.61 Å². The highest BCUT2D eigenvalue weighted by Gasteiger charge is 2.15. The largest absolute Gasteiger partial charge is 0.487 e. The molecule has 0 aromatic rings. The zero-order chi connectivity index (χ0) is 21.2. The normalized spacial score (nSPS) is 13.7. The number of esters is 1. The molecule has 0 spiro atoms. The van der Waals surface area contributed by atoms with Crippen molar-refractivity contribution in [1.82, 2.24) is 0 Å². The van der Waals surface area contributed by atoms with Gasteiger partial charge < -0.3 is 9.47 Å². The number of carbonyl (C=O) groups excluding carboxylic acids is 1. The van der Waals surface area contributed by atoms with Crippen molar-refractivity contribution in [2.24, 2.45) is 5.92 Å². The second-order valence-electron chi connectivity index (χ2n) is 8.53. The average Bonchev–Trinajstić information content (AvgIpc) is 2.64. The summed E-state index contributed by atoms with van der Waals surface area (Å²) >= 11 is 0. The molecule has 0 rings (SSSR count). The van der Waals surface area contributed by atoms with Crippen molar-refractivity contribution in [3.05, 3.63) is 23.5 Å². The maximum Gasteiger partial charge on any atom is 0.346 e. The van der Waals surface area contributed by atoms with Gasteiger partial charge in [0.25, 0.3) is 0 Å². The van der Waals surface area contributed by atoms with E-state index in [2.05, 4.69) is 40.7 Å². The van der Waals surface area contributed by atoms with Gasteiger partial charge in [-0.25, -0.2) is 4.79 Å². The average molecular weight is 395 g/mol. The molecule has 0 heterocycles. The molecule has 0 aromatic heterocycles. The maximum atomic E-state index is 12.0. The van der Waals surface area contributed by atoms with Crippen molar-refractivity contribution in [3.63, 3.8) is 0 Å². The summed E-state index contributed by atoms with van der Waals surface area (Å²) in [6.45, 7) is 13.0. The quantitative estimate of drug-likeness (QED) is 0.109. The van der Waals surface area contributed by atoms with Crippen LogP contribution >= 0.6 is 0 Å². The zero-order valence-corrected chi connectivity index (χ0v) is 19.5. The van der Waals surface area contributed by atoms with E-state index in [1.165, 1.54) is 56.1 Å². The standard InChI is InChI=1S/C25H46O3/c1-7-8-9-10-11-12-13-16-23(5)20-28-24(6)25(26)27-19-18-22(4)17-14-15-21(2)3/h15,20,22,24H,7-14,16-19H2,1-6H3. The van der Waals surface area contributed by atoms with E-state index in [9.17, 15) is 4.79 Å². The Kier molecular flexibility index (Phi) is 17.0. The van der Waals surface area contributed by atoms with Crippen molar-refractivity contribution in [1.29, 1.82) is 0 Å². The molecule has 0 saturated carbocycles. The molecule has 0 saturated heterocycles. The zero-order valence-electron chi connectivity index (χ0n) is 19.5. The summed E-state index contributed by atoms with van der Waals surface area (Å²) in [6, 6.07) is 0. The van der Waals surface area contributed by atoms with E-state index in [4.69, 9.17) is 9.47 Å². The topological polar surface area (TPSA) is 35.5 Å². The van der Waals surface area contributed by atoms with E-state index >= 15 is 0 Å². The number of hydrogen-bond donors (Lipinski definition) is 0. The van der Waals surface area contributed by atoms with Crippen LogP contribution in [0.5, 0.6) is 0 Å². The van der Waals surface area contributed by atoms with Gasteiger partial charge in [-0.3, -0.25) is 0 Å². The van der Waals surface area contributed by atoms with Crippen LogP contribution in [-0.2, 0) is 14.3 Å². The highest BCUT2D eigenvalue weighted by Crippen LogP contribution is 2.14. The molecule has 0 aliphatic carbocycles. The van der Waals surface area contributed by atoms with Gasteiger partial charge in [-0.05, 0) is 71.3 Å². The molecule has 0 amide bonds. The Bertz CT molecular complexity index is 447. The van der Waals surface area contributed by atoms with Crippen molar-refractivity contribution in [3.8, 4) is 0 Å². The lowest BCUT2D eigenvalue weighted by atomic mass is 10.0. The maximum absolute atomic E-state index is 12.0. The van der Waals surface area contributed by atoms with Gasteiger partial charge in [0.15, 0.2) is 6.10 Å². The number of unbranched alkanes of at least 4 members (excludes halogenated alkanes) is 6. The lowest BCUT2D eigenvalue weighted by Crippen LogP contribution is -2.22. The molecule has 0 aliphatic heterocycles. The monoisotopic (exact) mass is 394 g/mol. The van der Waals surface area contributed by atoms with Crippen molar-refractivity contribution < 1.29 is 14.3 Å². The molecule has 0 N–H and O–H groups in total. The summed E-state index contributed by atoms with van der Waals surface area (Å²) in [5.41, 5.74) is 2.56. The summed E-state index contributed by atoms with van der Waals surface area (Å²) in [5, 5.41) is 0. The summed E-state index contributed by atoms with van der Waals surface area (Å²) in [5.74, 6) is 0.292. The molecule has 3 nitrogen and oxygen atoms in total. The molecule has 0 fully saturated rings. The minimum absolute atomic E-state index is 0.267. The van der Waals surface area contributed by atoms with E-state index in [0.717, 1.165) is 25.7 Å². The van der Waals surface area contributed by atoms with E-state index in [0.29, 0.717) is 12.5 Å². The van der Waals surface area contributed by atoms with E-state index in [-0.39, 0.29) is 5.97 Å². The molecule has 3 heteroatoms. The van der Waals surface area contributed by atoms with Gasteiger partial charge in [0.05, 0.1) is 12.9 Å². The third-order valence-electron chi connectivity index (χ3n) is 5.05. The van der Waals surface area contributed by atoms with Crippen LogP contribution in [0.15, 0.2) is 23.5 Å². The van der Waals surface area contributed by atoms with Gasteiger partial charge in [0.1, 0.15) is 0 Å². The molecular formula is C25H46O3. The number of ether oxygens (including phenoxy) is 2. The Morgan fingerprint density at radius 3 is 2.21 bits per heavy atom. The Hall–Kier alpha value is -1.25. The first-order valence-electron chi connectivity index (χ1n) is 11.5. The molecule has 0 bridgehead atoms. The van der Waals surface area contributed by atoms with Crippen LogP contribution in [0.25, 0.3) is 0 Å². The van der Waals surface area contributed by atoms with Crippen LogP contribution in [0.2, 0.25) is 0 Å². The Morgan fingerprint density at radius 1 is 0.929 bits per heavy atom. The first-order chi connectivity index (χ1) is 13.4. The minimum Gasteiger partial charge on any atom is -0.487 e. The van der Waals surface area contributed by atoms with Crippen LogP contribution in [0.3, 0.4) is 0 Å². The van der Waals surface area contributed by atoms with Crippen LogP contribution < -0.4 is 0 Å². The highest BCUT2D eigenvalue weighted by molar-refractivity contribution is 5.74. The Balaban J connectivity index is 3.82. The van der Waals surface area contributed by atoms with E-state index in [1.807, 2.05) is 0 Å². The molecule has 0 radical (unpaired) electrons. The van der Waals surface area contributed by atoms with Crippen molar-refractivity contribution >= 4 is 5.97 Å². The van der Waals surface area contributed by atoms with Gasteiger partial charge in [-0.2, -0.15) is 0 Å². The number of allylic oxidation sites excluding steroid dienone is 3. The number of hydrogen-bond acceptors (Lipinski definition) is 3. The summed E-state index contributed by atoms with van der Waals surface area (Å²) in [4.78, 5) is 12.0. The van der Waals surface area contributed by atoms with Gasteiger partial charge >= 0.3 is 5.97 Å².